The van der Waals surface area contributed by atoms with E-state index in [-0.39, 0.29) is 5.78 Å². The monoisotopic (exact) mass is 223 g/mol. The minimum Gasteiger partial charge on any atom is -0.357 e. The maximum atomic E-state index is 11.8. The lowest BCUT2D eigenvalue weighted by atomic mass is 10.2. The average molecular weight is 223 g/mol. The Balaban J connectivity index is 2.33. The van der Waals surface area contributed by atoms with E-state index in [1.807, 2.05) is 44.2 Å². The molecule has 0 saturated heterocycles. The van der Waals surface area contributed by atoms with Crippen molar-refractivity contribution in [3.8, 4) is 0 Å². The van der Waals surface area contributed by atoms with E-state index < -0.39 is 0 Å². The van der Waals surface area contributed by atoms with Crippen molar-refractivity contribution in [2.24, 2.45) is 7.05 Å². The highest BCUT2D eigenvalue weighted by Gasteiger charge is 2.09. The van der Waals surface area contributed by atoms with Crippen LogP contribution in [0.1, 0.15) is 16.8 Å². The molecular formula is C12H21N3O. The van der Waals surface area contributed by atoms with Gasteiger partial charge < -0.3 is 9.88 Å². The molecule has 1 heterocycles. The second-order valence-electron chi connectivity index (χ2n) is 4.18. The Kier molecular flexibility index (Phi) is 5.22. The number of likely N-dealkylation sites (N-methyl/N-ethyl adjacent to an activating group) is 1. The van der Waals surface area contributed by atoms with Crippen LogP contribution in [0.15, 0.2) is 18.5 Å². The molecule has 0 unspecified atom stereocenters. The molecule has 0 aromatic carbocycles. The zero-order chi connectivity index (χ0) is 12.0. The Bertz CT molecular complexity index is 333. The molecule has 0 aliphatic rings. The second kappa shape index (κ2) is 6.45. The van der Waals surface area contributed by atoms with Gasteiger partial charge in [0, 0.05) is 25.0 Å². The highest BCUT2D eigenvalue weighted by Crippen LogP contribution is 2.02. The van der Waals surface area contributed by atoms with Crippen LogP contribution in [0.2, 0.25) is 0 Å². The lowest BCUT2D eigenvalue weighted by Crippen LogP contribution is -2.28. The molecule has 0 aliphatic heterocycles. The van der Waals surface area contributed by atoms with Crippen molar-refractivity contribution in [3.63, 3.8) is 0 Å². The van der Waals surface area contributed by atoms with Crippen LogP contribution in [-0.4, -0.2) is 49.0 Å². The van der Waals surface area contributed by atoms with Crippen molar-refractivity contribution < 1.29 is 4.79 Å². The molecule has 1 aromatic rings. The van der Waals surface area contributed by atoms with Gasteiger partial charge in [0.05, 0.1) is 6.54 Å². The lowest BCUT2D eigenvalue weighted by molar-refractivity contribution is 0.0946. The summed E-state index contributed by atoms with van der Waals surface area (Å²) in [6.07, 6.45) is 4.83. The Morgan fingerprint density at radius 3 is 2.88 bits per heavy atom. The molecule has 4 heteroatoms. The first-order valence-corrected chi connectivity index (χ1v) is 5.62. The molecular weight excluding hydrogens is 202 g/mol. The number of nitrogens with one attached hydrogen (secondary N) is 1. The number of rotatable bonds is 7. The third kappa shape index (κ3) is 4.16. The van der Waals surface area contributed by atoms with Crippen molar-refractivity contribution in [1.82, 2.24) is 14.8 Å². The Morgan fingerprint density at radius 2 is 2.31 bits per heavy atom. The van der Waals surface area contributed by atoms with Crippen molar-refractivity contribution in [1.29, 1.82) is 0 Å². The molecule has 16 heavy (non-hydrogen) atoms. The van der Waals surface area contributed by atoms with Crippen LogP contribution in [0.25, 0.3) is 0 Å². The second-order valence-corrected chi connectivity index (χ2v) is 4.18. The normalized spacial score (nSPS) is 11.0. The van der Waals surface area contributed by atoms with E-state index in [1.54, 1.807) is 0 Å². The number of carbonyl (C=O) groups excluding carboxylic acids is 1. The number of Topliss-reactive ketones (excluding diaryl/α,β-unsaturated/α-hetero) is 1. The van der Waals surface area contributed by atoms with Gasteiger partial charge in [0.15, 0.2) is 5.78 Å². The first-order valence-electron chi connectivity index (χ1n) is 5.62. The van der Waals surface area contributed by atoms with Crippen LogP contribution in [0.4, 0.5) is 0 Å². The molecule has 90 valence electrons. The first kappa shape index (κ1) is 12.9. The minimum absolute atomic E-state index is 0.188. The lowest BCUT2D eigenvalue weighted by Gasteiger charge is -2.14. The summed E-state index contributed by atoms with van der Waals surface area (Å²) in [5, 5.41) is 3.10. The van der Waals surface area contributed by atoms with Crippen LogP contribution in [0, 0.1) is 0 Å². The molecule has 1 aromatic heterocycles. The van der Waals surface area contributed by atoms with E-state index in [4.69, 9.17) is 0 Å². The van der Waals surface area contributed by atoms with E-state index in [2.05, 4.69) is 10.2 Å². The predicted molar refractivity (Wildman–Crippen MR) is 65.8 cm³/mol. The summed E-state index contributed by atoms with van der Waals surface area (Å²) < 4.78 is 1.90. The van der Waals surface area contributed by atoms with Gasteiger partial charge in [0.1, 0.15) is 0 Å². The Labute approximate surface area is 97.2 Å². The molecule has 1 N–H and O–H groups in total. The van der Waals surface area contributed by atoms with E-state index in [0.29, 0.717) is 6.54 Å². The van der Waals surface area contributed by atoms with Gasteiger partial charge in [0.25, 0.3) is 0 Å². The molecule has 0 spiro atoms. The van der Waals surface area contributed by atoms with Gasteiger partial charge in [-0.1, -0.05) is 0 Å². The van der Waals surface area contributed by atoms with Crippen molar-refractivity contribution in [2.45, 2.75) is 6.42 Å². The van der Waals surface area contributed by atoms with Gasteiger partial charge in [-0.2, -0.15) is 0 Å². The third-order valence-electron chi connectivity index (χ3n) is 2.53. The van der Waals surface area contributed by atoms with Crippen LogP contribution in [0.3, 0.4) is 0 Å². The molecule has 1 rings (SSSR count). The van der Waals surface area contributed by atoms with Gasteiger partial charge in [-0.15, -0.1) is 0 Å². The van der Waals surface area contributed by atoms with Crippen molar-refractivity contribution in [3.05, 3.63) is 24.0 Å². The van der Waals surface area contributed by atoms with E-state index in [0.717, 1.165) is 25.1 Å². The summed E-state index contributed by atoms with van der Waals surface area (Å²) in [6, 6.07) is 1.86. The Morgan fingerprint density at radius 1 is 1.56 bits per heavy atom. The SMILES string of the molecule is CNCCCN(C)CC(=O)c1ccn(C)c1. The fourth-order valence-corrected chi connectivity index (χ4v) is 1.61. The molecule has 0 radical (unpaired) electrons. The third-order valence-corrected chi connectivity index (χ3v) is 2.53. The minimum atomic E-state index is 0.188. The van der Waals surface area contributed by atoms with Crippen LogP contribution < -0.4 is 5.32 Å². The molecule has 4 nitrogen and oxygen atoms in total. The summed E-state index contributed by atoms with van der Waals surface area (Å²) >= 11 is 0. The number of aryl methyl sites for hydroxylation is 1. The number of carbonyl (C=O) groups is 1. The standard InChI is InChI=1S/C12H21N3O/c1-13-6-4-7-14(2)10-12(16)11-5-8-15(3)9-11/h5,8-9,13H,4,6-7,10H2,1-3H3. The number of nitrogens with zero attached hydrogens (tertiary/aromatic N) is 2. The molecule has 0 aliphatic carbocycles. The average Bonchev–Trinajstić information content (AvgIpc) is 2.65. The quantitative estimate of drug-likeness (QED) is 0.547. The first-order chi connectivity index (χ1) is 7.63. The maximum Gasteiger partial charge on any atom is 0.178 e. The zero-order valence-corrected chi connectivity index (χ0v) is 10.4. The molecule has 0 amide bonds. The van der Waals surface area contributed by atoms with E-state index >= 15 is 0 Å². The number of hydrogen-bond donors (Lipinski definition) is 1. The van der Waals surface area contributed by atoms with Gasteiger partial charge in [-0.25, -0.2) is 0 Å². The fourth-order valence-electron chi connectivity index (χ4n) is 1.61. The fraction of sp³-hybridized carbons (Fsp3) is 0.583. The Hall–Kier alpha value is -1.13. The molecule has 0 fully saturated rings. The number of ketones is 1. The summed E-state index contributed by atoms with van der Waals surface area (Å²) in [6.45, 7) is 2.43. The summed E-state index contributed by atoms with van der Waals surface area (Å²) in [5.41, 5.74) is 0.794. The number of aromatic nitrogens is 1. The largest absolute Gasteiger partial charge is 0.357 e. The highest BCUT2D eigenvalue weighted by atomic mass is 16.1. The van der Waals surface area contributed by atoms with Gasteiger partial charge >= 0.3 is 0 Å². The summed E-state index contributed by atoms with van der Waals surface area (Å²) in [4.78, 5) is 13.9. The molecule has 0 bridgehead atoms. The number of hydrogen-bond acceptors (Lipinski definition) is 3. The van der Waals surface area contributed by atoms with Crippen molar-refractivity contribution in [2.75, 3.05) is 33.7 Å². The smallest absolute Gasteiger partial charge is 0.178 e. The van der Waals surface area contributed by atoms with Crippen LogP contribution in [-0.2, 0) is 7.05 Å². The molecule has 0 atom stereocenters. The van der Waals surface area contributed by atoms with E-state index in [1.165, 1.54) is 0 Å². The summed E-state index contributed by atoms with van der Waals surface area (Å²) in [7, 11) is 5.85. The predicted octanol–water partition coefficient (Wildman–Crippen LogP) is 0.749. The maximum absolute atomic E-state index is 11.8. The van der Waals surface area contributed by atoms with Crippen LogP contribution >= 0.6 is 0 Å². The molecule has 0 saturated carbocycles. The van der Waals surface area contributed by atoms with Crippen LogP contribution in [0.5, 0.6) is 0 Å². The highest BCUT2D eigenvalue weighted by molar-refractivity contribution is 5.97. The van der Waals surface area contributed by atoms with Crippen molar-refractivity contribution >= 4 is 5.78 Å². The van der Waals surface area contributed by atoms with E-state index in [9.17, 15) is 4.79 Å². The zero-order valence-electron chi connectivity index (χ0n) is 10.4. The summed E-state index contributed by atoms with van der Waals surface area (Å²) in [5.74, 6) is 0.188. The topological polar surface area (TPSA) is 37.3 Å². The van der Waals surface area contributed by atoms with Gasteiger partial charge in [-0.05, 0) is 39.7 Å². The van der Waals surface area contributed by atoms with Gasteiger partial charge in [-0.3, -0.25) is 9.69 Å². The van der Waals surface area contributed by atoms with Gasteiger partial charge in [0.2, 0.25) is 0 Å².